The predicted molar refractivity (Wildman–Crippen MR) is 29.8 cm³/mol. The first-order valence-electron chi connectivity index (χ1n) is 2.16. The molecule has 0 aliphatic rings. The molecule has 0 radical (unpaired) electrons. The minimum Gasteiger partial charge on any atom is -0.591 e. The quantitative estimate of drug-likeness (QED) is 0.389. The summed E-state index contributed by atoms with van der Waals surface area (Å²) in [7, 11) is -4.16. The first-order chi connectivity index (χ1) is 2.94. The van der Waals surface area contributed by atoms with Crippen LogP contribution >= 0.6 is 0 Å². The van der Waals surface area contributed by atoms with Gasteiger partial charge in [-0.3, -0.25) is 0 Å². The third kappa shape index (κ3) is 5.80. The summed E-state index contributed by atoms with van der Waals surface area (Å²) in [5.41, 5.74) is 0. The fourth-order valence-corrected chi connectivity index (χ4v) is 0. The van der Waals surface area contributed by atoms with E-state index < -0.39 is 16.0 Å². The van der Waals surface area contributed by atoms with Gasteiger partial charge >= 0.3 is 51.4 Å². The van der Waals surface area contributed by atoms with E-state index in [1.54, 1.807) is 0 Å². The van der Waals surface area contributed by atoms with Crippen LogP contribution in [0.5, 0.6) is 0 Å². The maximum absolute atomic E-state index is 10.2. The second kappa shape index (κ2) is 4.48. The molecular weight excluding hydrogens is 163 g/mol. The van der Waals surface area contributed by atoms with Crippen molar-refractivity contribution >= 4 is 16.0 Å². The molecular formula is C3H9KO2Si2. The third-order valence-electron chi connectivity index (χ3n) is 0.612. The molecule has 0 bridgehead atoms. The van der Waals surface area contributed by atoms with Gasteiger partial charge in [0.05, 0.1) is 7.59 Å². The summed E-state index contributed by atoms with van der Waals surface area (Å²) >= 11 is 0. The fraction of sp³-hybridized carbons (Fsp3) is 1.00. The van der Waals surface area contributed by atoms with Crippen molar-refractivity contribution in [3.63, 3.8) is 0 Å². The molecule has 2 nitrogen and oxygen atoms in total. The molecule has 0 aliphatic carbocycles. The van der Waals surface area contributed by atoms with E-state index in [0.717, 1.165) is 0 Å². The zero-order valence-corrected chi connectivity index (χ0v) is 10.9. The third-order valence-corrected chi connectivity index (χ3v) is 5.51. The first-order valence-corrected chi connectivity index (χ1v) is 7.97. The molecule has 0 rings (SSSR count). The van der Waals surface area contributed by atoms with Gasteiger partial charge in [0.15, 0.2) is 0 Å². The van der Waals surface area contributed by atoms with Crippen LogP contribution in [0.15, 0.2) is 0 Å². The fourth-order valence-electron chi connectivity index (χ4n) is 0. The zero-order chi connectivity index (χ0) is 6.08. The molecule has 0 aromatic heterocycles. The van der Waals surface area contributed by atoms with Crippen molar-refractivity contribution in [2.24, 2.45) is 0 Å². The Bertz CT molecular complexity index is 87.8. The Kier molecular flexibility index (Phi) is 6.92. The Balaban J connectivity index is 0. The monoisotopic (exact) mass is 172 g/mol. The molecule has 0 spiro atoms. The number of rotatable bonds is 1. The van der Waals surface area contributed by atoms with Crippen LogP contribution in [-0.2, 0) is 4.46 Å². The van der Waals surface area contributed by atoms with E-state index in [4.69, 9.17) is 0 Å². The molecule has 0 heterocycles. The van der Waals surface area contributed by atoms with Gasteiger partial charge < -0.3 is 9.26 Å². The SMILES string of the molecule is C[Si](C)(C)[Si](=O)[O-].[K+]. The number of hydrogen-bond acceptors (Lipinski definition) is 2. The van der Waals surface area contributed by atoms with Crippen LogP contribution < -0.4 is 56.2 Å². The molecule has 8 heavy (non-hydrogen) atoms. The van der Waals surface area contributed by atoms with E-state index in [2.05, 4.69) is 0 Å². The molecule has 0 aromatic rings. The van der Waals surface area contributed by atoms with Crippen LogP contribution in [0.1, 0.15) is 0 Å². The van der Waals surface area contributed by atoms with Crippen molar-refractivity contribution < 1.29 is 60.6 Å². The largest absolute Gasteiger partial charge is 1.00 e. The van der Waals surface area contributed by atoms with Crippen LogP contribution in [0.25, 0.3) is 0 Å². The summed E-state index contributed by atoms with van der Waals surface area (Å²) in [5.74, 6) is 0. The Morgan fingerprint density at radius 1 is 1.38 bits per heavy atom. The van der Waals surface area contributed by atoms with Crippen molar-refractivity contribution in [3.8, 4) is 0 Å². The average molecular weight is 172 g/mol. The van der Waals surface area contributed by atoms with E-state index >= 15 is 0 Å². The maximum atomic E-state index is 10.2. The summed E-state index contributed by atoms with van der Waals surface area (Å²) in [5, 5.41) is 0. The van der Waals surface area contributed by atoms with Crippen molar-refractivity contribution in [2.75, 3.05) is 0 Å². The molecule has 5 heteroatoms. The molecule has 0 amide bonds. The smallest absolute Gasteiger partial charge is 0.591 e. The molecule has 0 saturated carbocycles. The van der Waals surface area contributed by atoms with Crippen molar-refractivity contribution in [1.29, 1.82) is 0 Å². The molecule has 42 valence electrons. The molecule has 0 unspecified atom stereocenters. The molecule has 0 fully saturated rings. The summed E-state index contributed by atoms with van der Waals surface area (Å²) < 4.78 is 10.2. The van der Waals surface area contributed by atoms with Crippen LogP contribution in [0.2, 0.25) is 19.6 Å². The van der Waals surface area contributed by atoms with Gasteiger partial charge in [-0.1, -0.05) is 19.6 Å². The van der Waals surface area contributed by atoms with E-state index in [1.807, 2.05) is 19.6 Å². The normalized spacial score (nSPS) is 9.88. The molecule has 0 aliphatic heterocycles. The Morgan fingerprint density at radius 2 is 1.50 bits per heavy atom. The second-order valence-corrected chi connectivity index (χ2v) is 13.3. The van der Waals surface area contributed by atoms with Crippen molar-refractivity contribution in [3.05, 3.63) is 0 Å². The summed E-state index contributed by atoms with van der Waals surface area (Å²) in [4.78, 5) is 10.2. The van der Waals surface area contributed by atoms with Crippen molar-refractivity contribution in [1.82, 2.24) is 0 Å². The van der Waals surface area contributed by atoms with Gasteiger partial charge in [0.25, 0.3) is 0 Å². The van der Waals surface area contributed by atoms with E-state index in [0.29, 0.717) is 0 Å². The van der Waals surface area contributed by atoms with E-state index in [9.17, 15) is 9.26 Å². The van der Waals surface area contributed by atoms with Crippen molar-refractivity contribution in [2.45, 2.75) is 19.6 Å². The van der Waals surface area contributed by atoms with Crippen LogP contribution in [0.4, 0.5) is 0 Å². The second-order valence-electron chi connectivity index (χ2n) is 2.54. The van der Waals surface area contributed by atoms with E-state index in [-0.39, 0.29) is 51.4 Å². The van der Waals surface area contributed by atoms with Gasteiger partial charge in [0.1, 0.15) is 8.44 Å². The minimum absolute atomic E-state index is 0. The van der Waals surface area contributed by atoms with Gasteiger partial charge in [-0.05, 0) is 0 Å². The van der Waals surface area contributed by atoms with Gasteiger partial charge in [-0.2, -0.15) is 0 Å². The Hall–Kier alpha value is 1.67. The summed E-state index contributed by atoms with van der Waals surface area (Å²) in [6.45, 7) is 5.46. The van der Waals surface area contributed by atoms with Crippen LogP contribution in [-0.4, -0.2) is 16.0 Å². The summed E-state index contributed by atoms with van der Waals surface area (Å²) in [6, 6.07) is 0. The standard InChI is InChI=1S/C3H9O2Si2.K/c1-7(2,3)6(4)5;/h1-3H3;/q-1;+1. The number of hydrogen-bond donors (Lipinski definition) is 0. The first kappa shape index (κ1) is 12.4. The molecule has 0 atom stereocenters. The average Bonchev–Trinajstić information content (AvgIpc) is 1.31. The van der Waals surface area contributed by atoms with Crippen LogP contribution in [0.3, 0.4) is 0 Å². The van der Waals surface area contributed by atoms with Gasteiger partial charge in [-0.15, -0.1) is 0 Å². The topological polar surface area (TPSA) is 40.1 Å². The molecule has 0 aromatic carbocycles. The van der Waals surface area contributed by atoms with Crippen LogP contribution in [0, 0.1) is 0 Å². The molecule has 0 N–H and O–H groups in total. The summed E-state index contributed by atoms with van der Waals surface area (Å²) in [6.07, 6.45) is 0. The Morgan fingerprint density at radius 3 is 1.50 bits per heavy atom. The molecule has 0 saturated heterocycles. The predicted octanol–water partition coefficient (Wildman–Crippen LogP) is -3.31. The van der Waals surface area contributed by atoms with Gasteiger partial charge in [0.2, 0.25) is 0 Å². The minimum atomic E-state index is -2.41. The Labute approximate surface area is 94.7 Å². The van der Waals surface area contributed by atoms with E-state index in [1.165, 1.54) is 0 Å². The van der Waals surface area contributed by atoms with Gasteiger partial charge in [0, 0.05) is 0 Å². The maximum Gasteiger partial charge on any atom is 1.00 e. The zero-order valence-electron chi connectivity index (χ0n) is 5.82. The van der Waals surface area contributed by atoms with Gasteiger partial charge in [-0.25, -0.2) is 0 Å².